The molecule has 0 amide bonds. The fourth-order valence-electron chi connectivity index (χ4n) is 2.87. The molecule has 2 aliphatic rings. The van der Waals surface area contributed by atoms with Gasteiger partial charge in [0.15, 0.2) is 11.5 Å². The second-order valence-electron chi connectivity index (χ2n) is 5.02. The van der Waals surface area contributed by atoms with E-state index in [9.17, 15) is 0 Å². The summed E-state index contributed by atoms with van der Waals surface area (Å²) in [4.78, 5) is 2.42. The fraction of sp³-hybridized carbons (Fsp3) is 0.571. The van der Waals surface area contributed by atoms with Crippen molar-refractivity contribution in [3.05, 3.63) is 22.7 Å². The Morgan fingerprint density at radius 3 is 2.68 bits per heavy atom. The second-order valence-corrected chi connectivity index (χ2v) is 5.43. The molecule has 5 heteroatoms. The van der Waals surface area contributed by atoms with E-state index in [2.05, 4.69) is 4.90 Å². The van der Waals surface area contributed by atoms with Gasteiger partial charge in [0, 0.05) is 12.6 Å². The number of rotatable bonds is 3. The van der Waals surface area contributed by atoms with Gasteiger partial charge in [0.05, 0.1) is 5.02 Å². The minimum absolute atomic E-state index is 0.218. The molecule has 1 saturated heterocycles. The van der Waals surface area contributed by atoms with Gasteiger partial charge < -0.3 is 15.2 Å². The summed E-state index contributed by atoms with van der Waals surface area (Å²) < 4.78 is 11.2. The number of fused-ring (bicyclic) bond motifs is 1. The van der Waals surface area contributed by atoms with Gasteiger partial charge >= 0.3 is 0 Å². The highest BCUT2D eigenvalue weighted by Crippen LogP contribution is 2.40. The first-order valence-electron chi connectivity index (χ1n) is 6.83. The third-order valence-electron chi connectivity index (χ3n) is 3.81. The molecule has 1 atom stereocenters. The summed E-state index contributed by atoms with van der Waals surface area (Å²) in [5.41, 5.74) is 7.08. The monoisotopic (exact) mass is 282 g/mol. The van der Waals surface area contributed by atoms with Crippen LogP contribution in [0.5, 0.6) is 11.5 Å². The molecular weight excluding hydrogens is 264 g/mol. The summed E-state index contributed by atoms with van der Waals surface area (Å²) in [6.07, 6.45) is 2.49. The minimum atomic E-state index is 0.218. The zero-order valence-corrected chi connectivity index (χ0v) is 11.7. The maximum Gasteiger partial charge on any atom is 0.179 e. The molecule has 2 aliphatic heterocycles. The molecule has 3 rings (SSSR count). The molecule has 4 nitrogen and oxygen atoms in total. The predicted octanol–water partition coefficient (Wildman–Crippen LogP) is 2.21. The first kappa shape index (κ1) is 13.0. The van der Waals surface area contributed by atoms with Crippen LogP contribution in [0.25, 0.3) is 0 Å². The molecule has 1 aromatic rings. The largest absolute Gasteiger partial charge is 0.486 e. The van der Waals surface area contributed by atoms with Gasteiger partial charge in [-0.05, 0) is 43.6 Å². The number of halogens is 1. The van der Waals surface area contributed by atoms with Crippen LogP contribution in [-0.2, 0) is 0 Å². The standard InChI is InChI=1S/C14H19ClN2O2/c15-11-7-10(8-13-14(11)19-6-5-18-13)12(9-16)17-3-1-2-4-17/h7-8,12H,1-6,9,16H2. The average Bonchev–Trinajstić information content (AvgIpc) is 2.94. The zero-order chi connectivity index (χ0) is 13.2. The summed E-state index contributed by atoms with van der Waals surface area (Å²) in [6.45, 7) is 3.93. The first-order chi connectivity index (χ1) is 9.29. The Bertz CT molecular complexity index is 461. The zero-order valence-electron chi connectivity index (χ0n) is 10.9. The Hall–Kier alpha value is -0.970. The molecule has 0 saturated carbocycles. The Labute approximate surface area is 118 Å². The van der Waals surface area contributed by atoms with Crippen molar-refractivity contribution in [1.29, 1.82) is 0 Å². The number of nitrogens with zero attached hydrogens (tertiary/aromatic N) is 1. The van der Waals surface area contributed by atoms with Crippen molar-refractivity contribution >= 4 is 11.6 Å². The van der Waals surface area contributed by atoms with Crippen LogP contribution < -0.4 is 15.2 Å². The summed E-state index contributed by atoms with van der Waals surface area (Å²) in [6, 6.07) is 4.21. The van der Waals surface area contributed by atoms with Crippen LogP contribution in [0.2, 0.25) is 5.02 Å². The fourth-order valence-corrected chi connectivity index (χ4v) is 3.15. The molecule has 0 spiro atoms. The van der Waals surface area contributed by atoms with E-state index >= 15 is 0 Å². The van der Waals surface area contributed by atoms with Crippen molar-refractivity contribution in [3.63, 3.8) is 0 Å². The van der Waals surface area contributed by atoms with Gasteiger partial charge in [-0.1, -0.05) is 11.6 Å². The van der Waals surface area contributed by atoms with E-state index in [-0.39, 0.29) is 6.04 Å². The predicted molar refractivity (Wildman–Crippen MR) is 75.0 cm³/mol. The van der Waals surface area contributed by atoms with Crippen LogP contribution in [0, 0.1) is 0 Å². The molecule has 0 radical (unpaired) electrons. The molecule has 1 aromatic carbocycles. The van der Waals surface area contributed by atoms with Crippen LogP contribution in [0.15, 0.2) is 12.1 Å². The normalized spacial score (nSPS) is 20.5. The van der Waals surface area contributed by atoms with Gasteiger partial charge in [-0.3, -0.25) is 4.90 Å². The number of hydrogen-bond donors (Lipinski definition) is 1. The lowest BCUT2D eigenvalue weighted by molar-refractivity contribution is 0.170. The van der Waals surface area contributed by atoms with E-state index in [1.807, 2.05) is 12.1 Å². The molecule has 104 valence electrons. The highest BCUT2D eigenvalue weighted by molar-refractivity contribution is 6.32. The summed E-state index contributed by atoms with van der Waals surface area (Å²) in [5, 5.41) is 0.616. The van der Waals surface area contributed by atoms with Crippen molar-refractivity contribution in [2.45, 2.75) is 18.9 Å². The van der Waals surface area contributed by atoms with E-state index in [0.717, 1.165) is 24.4 Å². The van der Waals surface area contributed by atoms with E-state index in [4.69, 9.17) is 26.8 Å². The van der Waals surface area contributed by atoms with Crippen molar-refractivity contribution in [3.8, 4) is 11.5 Å². The molecule has 0 bridgehead atoms. The van der Waals surface area contributed by atoms with Crippen molar-refractivity contribution < 1.29 is 9.47 Å². The van der Waals surface area contributed by atoms with Crippen LogP contribution in [0.4, 0.5) is 0 Å². The Morgan fingerprint density at radius 1 is 1.21 bits per heavy atom. The van der Waals surface area contributed by atoms with Crippen LogP contribution in [0.3, 0.4) is 0 Å². The Kier molecular flexibility index (Phi) is 3.82. The van der Waals surface area contributed by atoms with Gasteiger partial charge in [-0.2, -0.15) is 0 Å². The van der Waals surface area contributed by atoms with Crippen molar-refractivity contribution in [1.82, 2.24) is 4.90 Å². The first-order valence-corrected chi connectivity index (χ1v) is 7.20. The molecule has 2 N–H and O–H groups in total. The quantitative estimate of drug-likeness (QED) is 0.923. The van der Waals surface area contributed by atoms with Gasteiger partial charge in [0.1, 0.15) is 13.2 Å². The lowest BCUT2D eigenvalue weighted by Crippen LogP contribution is -2.31. The number of nitrogens with two attached hydrogens (primary N) is 1. The van der Waals surface area contributed by atoms with Gasteiger partial charge in [0.2, 0.25) is 0 Å². The average molecular weight is 283 g/mol. The number of ether oxygens (including phenoxy) is 2. The van der Waals surface area contributed by atoms with Gasteiger partial charge in [-0.25, -0.2) is 0 Å². The van der Waals surface area contributed by atoms with Crippen LogP contribution in [0.1, 0.15) is 24.4 Å². The van der Waals surface area contributed by atoms with Gasteiger partial charge in [0.25, 0.3) is 0 Å². The molecule has 19 heavy (non-hydrogen) atoms. The molecule has 0 aliphatic carbocycles. The van der Waals surface area contributed by atoms with Crippen molar-refractivity contribution in [2.75, 3.05) is 32.8 Å². The topological polar surface area (TPSA) is 47.7 Å². The molecule has 2 heterocycles. The molecule has 1 fully saturated rings. The smallest absolute Gasteiger partial charge is 0.179 e. The lowest BCUT2D eigenvalue weighted by atomic mass is 10.0. The Balaban J connectivity index is 1.92. The maximum atomic E-state index is 6.29. The highest BCUT2D eigenvalue weighted by Gasteiger charge is 2.25. The minimum Gasteiger partial charge on any atom is -0.486 e. The van der Waals surface area contributed by atoms with Crippen LogP contribution >= 0.6 is 11.6 Å². The van der Waals surface area contributed by atoms with E-state index in [1.54, 1.807) is 0 Å². The molecular formula is C14H19ClN2O2. The summed E-state index contributed by atoms with van der Waals surface area (Å²) in [7, 11) is 0. The third-order valence-corrected chi connectivity index (χ3v) is 4.09. The van der Waals surface area contributed by atoms with Gasteiger partial charge in [-0.15, -0.1) is 0 Å². The third kappa shape index (κ3) is 2.53. The van der Waals surface area contributed by atoms with E-state index < -0.39 is 0 Å². The number of hydrogen-bond acceptors (Lipinski definition) is 4. The van der Waals surface area contributed by atoms with E-state index in [1.165, 1.54) is 12.8 Å². The SMILES string of the molecule is NCC(c1cc(Cl)c2c(c1)OCCO2)N1CCCC1. The maximum absolute atomic E-state index is 6.29. The van der Waals surface area contributed by atoms with Crippen LogP contribution in [-0.4, -0.2) is 37.7 Å². The number of benzene rings is 1. The van der Waals surface area contributed by atoms with E-state index in [0.29, 0.717) is 30.5 Å². The highest BCUT2D eigenvalue weighted by atomic mass is 35.5. The Morgan fingerprint density at radius 2 is 1.95 bits per heavy atom. The molecule has 1 unspecified atom stereocenters. The number of likely N-dealkylation sites (tertiary alicyclic amines) is 1. The molecule has 0 aromatic heterocycles. The second kappa shape index (κ2) is 5.57. The summed E-state index contributed by atoms with van der Waals surface area (Å²) in [5.74, 6) is 1.40. The van der Waals surface area contributed by atoms with Crippen molar-refractivity contribution in [2.24, 2.45) is 5.73 Å². The lowest BCUT2D eigenvalue weighted by Gasteiger charge is -2.28. The summed E-state index contributed by atoms with van der Waals surface area (Å²) >= 11 is 6.29.